The van der Waals surface area contributed by atoms with Crippen molar-refractivity contribution in [1.82, 2.24) is 40.0 Å². The van der Waals surface area contributed by atoms with Crippen LogP contribution in [0, 0.1) is 5.82 Å². The lowest BCUT2D eigenvalue weighted by Gasteiger charge is -2.38. The van der Waals surface area contributed by atoms with E-state index in [-0.39, 0.29) is 5.82 Å². The number of H-pyrrole nitrogens is 2. The van der Waals surface area contributed by atoms with Gasteiger partial charge in [0.25, 0.3) is 0 Å². The summed E-state index contributed by atoms with van der Waals surface area (Å²) >= 11 is 0. The Labute approximate surface area is 230 Å². The molecule has 0 amide bonds. The third-order valence-electron chi connectivity index (χ3n) is 7.63. The molecule has 0 spiro atoms. The number of piperazine rings is 1. The van der Waals surface area contributed by atoms with Crippen molar-refractivity contribution in [3.63, 3.8) is 0 Å². The van der Waals surface area contributed by atoms with Crippen molar-refractivity contribution in [2.45, 2.75) is 19.9 Å². The van der Waals surface area contributed by atoms with Crippen LogP contribution >= 0.6 is 0 Å². The SMILES string of the molecule is CC(C)N1CCN(c2cc(F)cc(-c3cncc4[nH]c(-c5n[nH]c6ncc(-c7cccnc7)cc56)nc34)c2)CC1. The summed E-state index contributed by atoms with van der Waals surface area (Å²) in [5.74, 6) is 0.306. The third kappa shape index (κ3) is 4.36. The molecule has 1 fully saturated rings. The molecule has 10 heteroatoms. The normalized spacial score (nSPS) is 14.6. The maximum absolute atomic E-state index is 14.9. The van der Waals surface area contributed by atoms with Crippen LogP contribution in [0.3, 0.4) is 0 Å². The zero-order valence-electron chi connectivity index (χ0n) is 22.3. The van der Waals surface area contributed by atoms with E-state index in [1.807, 2.05) is 24.3 Å². The quantitative estimate of drug-likeness (QED) is 0.310. The summed E-state index contributed by atoms with van der Waals surface area (Å²) in [6.45, 7) is 8.05. The molecule has 0 radical (unpaired) electrons. The summed E-state index contributed by atoms with van der Waals surface area (Å²) in [5.41, 5.74) is 7.04. The van der Waals surface area contributed by atoms with Crippen molar-refractivity contribution >= 4 is 27.8 Å². The number of aromatic amines is 2. The van der Waals surface area contributed by atoms with Crippen molar-refractivity contribution in [2.75, 3.05) is 31.1 Å². The number of nitrogens with zero attached hydrogens (tertiary/aromatic N) is 7. The molecule has 9 nitrogen and oxygen atoms in total. The molecule has 1 aliphatic heterocycles. The van der Waals surface area contributed by atoms with Crippen molar-refractivity contribution in [3.05, 3.63) is 73.2 Å². The zero-order chi connectivity index (χ0) is 27.2. The fraction of sp³-hybridized carbons (Fsp3) is 0.233. The van der Waals surface area contributed by atoms with Crippen LogP contribution in [0.25, 0.3) is 55.8 Å². The van der Waals surface area contributed by atoms with Gasteiger partial charge >= 0.3 is 0 Å². The summed E-state index contributed by atoms with van der Waals surface area (Å²) in [6.07, 6.45) is 8.82. The highest BCUT2D eigenvalue weighted by Gasteiger charge is 2.21. The highest BCUT2D eigenvalue weighted by Crippen LogP contribution is 2.34. The number of fused-ring (bicyclic) bond motifs is 2. The Bertz CT molecular complexity index is 1820. The summed E-state index contributed by atoms with van der Waals surface area (Å²) in [4.78, 5) is 26.2. The molecule has 0 bridgehead atoms. The minimum atomic E-state index is -0.279. The molecule has 7 rings (SSSR count). The molecule has 1 aliphatic rings. The number of anilines is 1. The van der Waals surface area contributed by atoms with Gasteiger partial charge in [-0.2, -0.15) is 5.10 Å². The molecule has 0 saturated carbocycles. The first kappa shape index (κ1) is 24.3. The zero-order valence-corrected chi connectivity index (χ0v) is 22.3. The molecular formula is C30H28FN9. The largest absolute Gasteiger partial charge is 0.369 e. The smallest absolute Gasteiger partial charge is 0.159 e. The van der Waals surface area contributed by atoms with Crippen molar-refractivity contribution in [2.24, 2.45) is 0 Å². The van der Waals surface area contributed by atoms with Crippen molar-refractivity contribution in [1.29, 1.82) is 0 Å². The number of rotatable bonds is 5. The van der Waals surface area contributed by atoms with Crippen LogP contribution in [0.5, 0.6) is 0 Å². The predicted molar refractivity (Wildman–Crippen MR) is 154 cm³/mol. The molecule has 40 heavy (non-hydrogen) atoms. The van der Waals surface area contributed by atoms with Gasteiger partial charge in [0.15, 0.2) is 11.5 Å². The number of pyridine rings is 3. The first-order valence-corrected chi connectivity index (χ1v) is 13.4. The molecule has 1 saturated heterocycles. The van der Waals surface area contributed by atoms with Gasteiger partial charge in [-0.25, -0.2) is 14.4 Å². The number of imidazole rings is 1. The molecule has 5 aromatic heterocycles. The van der Waals surface area contributed by atoms with Crippen LogP contribution in [0.15, 0.2) is 67.4 Å². The van der Waals surface area contributed by atoms with Gasteiger partial charge < -0.3 is 9.88 Å². The summed E-state index contributed by atoms with van der Waals surface area (Å²) in [7, 11) is 0. The number of hydrogen-bond donors (Lipinski definition) is 2. The van der Waals surface area contributed by atoms with Crippen LogP contribution in [-0.4, -0.2) is 72.2 Å². The van der Waals surface area contributed by atoms with Gasteiger partial charge in [0, 0.05) is 79.4 Å². The van der Waals surface area contributed by atoms with Gasteiger partial charge in [-0.15, -0.1) is 0 Å². The van der Waals surface area contributed by atoms with Crippen LogP contribution in [0.2, 0.25) is 0 Å². The second-order valence-corrected chi connectivity index (χ2v) is 10.4. The first-order chi connectivity index (χ1) is 19.5. The minimum absolute atomic E-state index is 0.279. The minimum Gasteiger partial charge on any atom is -0.369 e. The van der Waals surface area contributed by atoms with Gasteiger partial charge in [-0.1, -0.05) is 6.07 Å². The number of benzene rings is 1. The van der Waals surface area contributed by atoms with E-state index in [0.717, 1.165) is 65.0 Å². The molecule has 6 heterocycles. The van der Waals surface area contributed by atoms with Crippen LogP contribution in [0.1, 0.15) is 13.8 Å². The van der Waals surface area contributed by atoms with E-state index in [4.69, 9.17) is 4.98 Å². The topological polar surface area (TPSA) is 103 Å². The molecule has 0 atom stereocenters. The molecule has 1 aromatic carbocycles. The van der Waals surface area contributed by atoms with E-state index < -0.39 is 0 Å². The fourth-order valence-corrected chi connectivity index (χ4v) is 5.44. The maximum Gasteiger partial charge on any atom is 0.159 e. The Morgan fingerprint density at radius 3 is 2.58 bits per heavy atom. The lowest BCUT2D eigenvalue weighted by molar-refractivity contribution is 0.209. The van der Waals surface area contributed by atoms with Gasteiger partial charge in [0.05, 0.1) is 22.6 Å². The molecule has 200 valence electrons. The van der Waals surface area contributed by atoms with Crippen LogP contribution < -0.4 is 4.90 Å². The number of halogens is 1. The van der Waals surface area contributed by atoms with E-state index in [0.29, 0.717) is 28.7 Å². The Hall–Kier alpha value is -4.70. The van der Waals surface area contributed by atoms with E-state index in [2.05, 4.69) is 53.8 Å². The summed E-state index contributed by atoms with van der Waals surface area (Å²) < 4.78 is 14.9. The lowest BCUT2D eigenvalue weighted by atomic mass is 10.0. The van der Waals surface area contributed by atoms with Crippen LogP contribution in [-0.2, 0) is 0 Å². The van der Waals surface area contributed by atoms with Gasteiger partial charge in [0.2, 0.25) is 0 Å². The predicted octanol–water partition coefficient (Wildman–Crippen LogP) is 5.29. The van der Waals surface area contributed by atoms with Gasteiger partial charge in [-0.05, 0) is 49.7 Å². The molecule has 0 unspecified atom stereocenters. The first-order valence-electron chi connectivity index (χ1n) is 13.4. The van der Waals surface area contributed by atoms with Gasteiger partial charge in [-0.3, -0.25) is 20.0 Å². The summed E-state index contributed by atoms with van der Waals surface area (Å²) in [5, 5.41) is 8.36. The van der Waals surface area contributed by atoms with Crippen molar-refractivity contribution in [3.8, 4) is 33.8 Å². The number of hydrogen-bond acceptors (Lipinski definition) is 7. The average molecular weight is 534 g/mol. The highest BCUT2D eigenvalue weighted by atomic mass is 19.1. The third-order valence-corrected chi connectivity index (χ3v) is 7.63. The Kier molecular flexibility index (Phi) is 5.96. The van der Waals surface area contributed by atoms with Crippen molar-refractivity contribution < 1.29 is 4.39 Å². The van der Waals surface area contributed by atoms with Gasteiger partial charge in [0.1, 0.15) is 11.5 Å². The Balaban J connectivity index is 1.27. The highest BCUT2D eigenvalue weighted by molar-refractivity contribution is 5.97. The van der Waals surface area contributed by atoms with Crippen LogP contribution in [0.4, 0.5) is 10.1 Å². The molecule has 2 N–H and O–H groups in total. The van der Waals surface area contributed by atoms with E-state index in [1.54, 1.807) is 43.1 Å². The monoisotopic (exact) mass is 533 g/mol. The maximum atomic E-state index is 14.9. The average Bonchev–Trinajstić information content (AvgIpc) is 3.61. The molecular weight excluding hydrogens is 505 g/mol. The summed E-state index contributed by atoms with van der Waals surface area (Å²) in [6, 6.07) is 11.6. The second-order valence-electron chi connectivity index (χ2n) is 10.4. The van der Waals surface area contributed by atoms with E-state index in [1.165, 1.54) is 0 Å². The fourth-order valence-electron chi connectivity index (χ4n) is 5.44. The standard InChI is InChI=1S/C30H28FN9/c1-18(2)39-6-8-40(9-7-39)23-11-20(10-22(31)13-23)25-16-33-17-26-27(25)36-30(35-26)28-24-12-21(15-34-29(24)38-37-28)19-4-3-5-32-14-19/h3-5,10-18H,6-9H2,1-2H3,(H,35,36)(H,34,37,38). The lowest BCUT2D eigenvalue weighted by Crippen LogP contribution is -2.48. The Morgan fingerprint density at radius 1 is 0.900 bits per heavy atom. The second kappa shape index (κ2) is 9.80. The van der Waals surface area contributed by atoms with E-state index in [9.17, 15) is 4.39 Å². The number of aromatic nitrogens is 7. The Morgan fingerprint density at radius 2 is 1.77 bits per heavy atom. The molecule has 0 aliphatic carbocycles. The van der Waals surface area contributed by atoms with E-state index >= 15 is 0 Å². The number of nitrogens with one attached hydrogen (secondary N) is 2. The molecule has 6 aromatic rings.